The predicted molar refractivity (Wildman–Crippen MR) is 256 cm³/mol. The van der Waals surface area contributed by atoms with Gasteiger partial charge in [-0.3, -0.25) is 9.59 Å². The molecule has 10 rings (SSSR count). The number of halogens is 1. The van der Waals surface area contributed by atoms with Crippen molar-refractivity contribution in [3.8, 4) is 28.7 Å². The summed E-state index contributed by atoms with van der Waals surface area (Å²) in [5.74, 6) is -1.46. The van der Waals surface area contributed by atoms with Gasteiger partial charge in [-0.2, -0.15) is 0 Å². The zero-order valence-electron chi connectivity index (χ0n) is 36.9. The zero-order valence-corrected chi connectivity index (χ0v) is 36.9. The van der Waals surface area contributed by atoms with Gasteiger partial charge in [0.15, 0.2) is 10.9 Å². The van der Waals surface area contributed by atoms with Crippen LogP contribution in [-0.2, 0) is 12.8 Å². The standard InChI is InChI=1S/C54H49FN2O10/c1-56-20-18-36(45(63)27-56)49-42(60)25-43(61)51-40(58)24-32(65-53(49)51)16-17-35-33-10-5-3-9-30(33)22-38-34(35)11-7-13-47(38)67-48-26-44(62)52-41(59)23-31(15-14-29-8-4-6-12-39(29)55)66-54(52)50(48)37-19-21-57(2)28-46(37)64/h3-13,16-17,22-26,36-37,45-46,60-64H,14-15,18-21,27-28H2,1-2H3/b17-16+. The Hall–Kier alpha value is -7.03. The Bertz CT molecular complexity index is 3400. The number of fused-ring (bicyclic) bond motifs is 4. The molecule has 67 heavy (non-hydrogen) atoms. The SMILES string of the molecule is CN1CCC(c2c(O)cc(O)c3c(=O)cc(/C=C/c4c5ccccc5cc5c(Oc6cc(O)c7c(=O)cc(CCc8ccccc8F)oc7c6C6CCN(C)CC6O)cccc45)oc23)C(O)C1. The van der Waals surface area contributed by atoms with Gasteiger partial charge in [0.05, 0.1) is 12.2 Å². The maximum atomic E-state index is 14.6. The summed E-state index contributed by atoms with van der Waals surface area (Å²) in [5.41, 5.74) is 1.04. The van der Waals surface area contributed by atoms with Gasteiger partial charge in [-0.05, 0) is 98.0 Å². The Labute approximate surface area is 383 Å². The zero-order chi connectivity index (χ0) is 46.7. The van der Waals surface area contributed by atoms with Gasteiger partial charge >= 0.3 is 0 Å². The van der Waals surface area contributed by atoms with E-state index in [1.54, 1.807) is 30.3 Å². The van der Waals surface area contributed by atoms with E-state index in [0.29, 0.717) is 67.0 Å². The van der Waals surface area contributed by atoms with E-state index < -0.39 is 40.7 Å². The van der Waals surface area contributed by atoms with Crippen LogP contribution in [0.15, 0.2) is 115 Å². The third kappa shape index (κ3) is 8.18. The summed E-state index contributed by atoms with van der Waals surface area (Å²) in [5, 5.41) is 59.3. The lowest BCUT2D eigenvalue weighted by molar-refractivity contribution is 0.0629. The van der Waals surface area contributed by atoms with E-state index in [0.717, 1.165) is 27.8 Å². The molecular weight excluding hydrogens is 856 g/mol. The second kappa shape index (κ2) is 17.6. The fourth-order valence-electron chi connectivity index (χ4n) is 10.2. The van der Waals surface area contributed by atoms with Gasteiger partial charge in [0.25, 0.3) is 0 Å². The largest absolute Gasteiger partial charge is 0.507 e. The number of ether oxygens (including phenoxy) is 1. The van der Waals surface area contributed by atoms with Crippen LogP contribution in [0.3, 0.4) is 0 Å². The van der Waals surface area contributed by atoms with Crippen molar-refractivity contribution in [2.24, 2.45) is 0 Å². The number of β-amino-alcohol motifs (C(OH)–C–C–N with tert-alkyl or cyclic N) is 2. The molecule has 0 radical (unpaired) electrons. The Morgan fingerprint density at radius 1 is 0.657 bits per heavy atom. The maximum Gasteiger partial charge on any atom is 0.197 e. The lowest BCUT2D eigenvalue weighted by atomic mass is 9.85. The van der Waals surface area contributed by atoms with E-state index in [-0.39, 0.29) is 69.2 Å². The number of hydrogen-bond acceptors (Lipinski definition) is 12. The van der Waals surface area contributed by atoms with Crippen LogP contribution >= 0.6 is 0 Å². The molecular formula is C54H49FN2O10. The number of aryl methyl sites for hydroxylation is 2. The number of likely N-dealkylation sites (tertiary alicyclic amines) is 2. The molecule has 12 nitrogen and oxygen atoms in total. The fourth-order valence-corrected chi connectivity index (χ4v) is 10.2. The van der Waals surface area contributed by atoms with E-state index in [4.69, 9.17) is 13.6 Å². The van der Waals surface area contributed by atoms with Crippen LogP contribution in [-0.4, -0.2) is 87.8 Å². The molecule has 0 saturated carbocycles. The van der Waals surface area contributed by atoms with Crippen molar-refractivity contribution in [2.75, 3.05) is 40.3 Å². The summed E-state index contributed by atoms with van der Waals surface area (Å²) in [6.07, 6.45) is 3.21. The van der Waals surface area contributed by atoms with Crippen molar-refractivity contribution in [1.29, 1.82) is 0 Å². The van der Waals surface area contributed by atoms with Crippen molar-refractivity contribution in [2.45, 2.75) is 49.7 Å². The topological polar surface area (TPSA) is 177 Å². The van der Waals surface area contributed by atoms with Crippen LogP contribution in [0.25, 0.3) is 55.6 Å². The molecule has 4 atom stereocenters. The monoisotopic (exact) mass is 904 g/mol. The Morgan fingerprint density at radius 3 is 2.03 bits per heavy atom. The minimum Gasteiger partial charge on any atom is -0.507 e. The summed E-state index contributed by atoms with van der Waals surface area (Å²) >= 11 is 0. The molecule has 0 spiro atoms. The Morgan fingerprint density at radius 2 is 1.30 bits per heavy atom. The van der Waals surface area contributed by atoms with Gasteiger partial charge in [0.2, 0.25) is 0 Å². The summed E-state index contributed by atoms with van der Waals surface area (Å²) in [6, 6.07) is 26.9. The molecule has 2 aliphatic rings. The summed E-state index contributed by atoms with van der Waals surface area (Å²) < 4.78 is 34.3. The quantitative estimate of drug-likeness (QED) is 0.0872. The molecule has 2 aliphatic heterocycles. The number of aliphatic hydroxyl groups is 2. The number of piperidine rings is 2. The maximum absolute atomic E-state index is 14.6. The van der Waals surface area contributed by atoms with Crippen LogP contribution < -0.4 is 15.6 Å². The van der Waals surface area contributed by atoms with Gasteiger partial charge in [0, 0.05) is 72.1 Å². The molecule has 5 N–H and O–H groups in total. The molecule has 4 heterocycles. The molecule has 2 saturated heterocycles. The third-order valence-electron chi connectivity index (χ3n) is 13.5. The highest BCUT2D eigenvalue weighted by molar-refractivity contribution is 6.10. The van der Waals surface area contributed by atoms with Crippen LogP contribution in [0.5, 0.6) is 28.7 Å². The molecule has 342 valence electrons. The number of phenolic OH excluding ortho intramolecular Hbond substituents is 3. The van der Waals surface area contributed by atoms with Crippen molar-refractivity contribution < 1.29 is 43.5 Å². The van der Waals surface area contributed by atoms with Crippen LogP contribution in [0.2, 0.25) is 0 Å². The highest BCUT2D eigenvalue weighted by atomic mass is 19.1. The number of likely N-dealkylation sites (N-methyl/N-ethyl adjacent to an activating group) is 2. The number of aromatic hydroxyl groups is 3. The third-order valence-corrected chi connectivity index (χ3v) is 13.5. The van der Waals surface area contributed by atoms with Gasteiger partial charge in [0.1, 0.15) is 68.0 Å². The first-order valence-corrected chi connectivity index (χ1v) is 22.4. The molecule has 2 aromatic heterocycles. The molecule has 8 aromatic rings. The summed E-state index contributed by atoms with van der Waals surface area (Å²) in [7, 11) is 3.81. The first-order valence-electron chi connectivity index (χ1n) is 22.4. The van der Waals surface area contributed by atoms with Crippen LogP contribution in [0, 0.1) is 5.82 Å². The number of aliphatic hydroxyl groups excluding tert-OH is 2. The molecule has 13 heteroatoms. The van der Waals surface area contributed by atoms with Crippen LogP contribution in [0.4, 0.5) is 4.39 Å². The smallest absolute Gasteiger partial charge is 0.197 e. The number of nitrogens with zero attached hydrogens (tertiary/aromatic N) is 2. The second-order valence-corrected chi connectivity index (χ2v) is 18.0. The average molecular weight is 905 g/mol. The van der Waals surface area contributed by atoms with Gasteiger partial charge in [-0.25, -0.2) is 4.39 Å². The van der Waals surface area contributed by atoms with E-state index >= 15 is 0 Å². The Kier molecular flexibility index (Phi) is 11.5. The van der Waals surface area contributed by atoms with Gasteiger partial charge < -0.3 is 48.9 Å². The lowest BCUT2D eigenvalue weighted by Crippen LogP contribution is -2.40. The second-order valence-electron chi connectivity index (χ2n) is 18.0. The van der Waals surface area contributed by atoms with E-state index in [9.17, 15) is 39.5 Å². The normalized spacial score (nSPS) is 19.6. The van der Waals surface area contributed by atoms with Gasteiger partial charge in [-0.15, -0.1) is 0 Å². The highest BCUT2D eigenvalue weighted by Crippen LogP contribution is 2.46. The predicted octanol–water partition coefficient (Wildman–Crippen LogP) is 8.77. The van der Waals surface area contributed by atoms with E-state index in [2.05, 4.69) is 0 Å². The number of phenols is 3. The molecule has 4 unspecified atom stereocenters. The summed E-state index contributed by atoms with van der Waals surface area (Å²) in [4.78, 5) is 31.5. The van der Waals surface area contributed by atoms with Crippen molar-refractivity contribution in [3.63, 3.8) is 0 Å². The van der Waals surface area contributed by atoms with E-state index in [1.165, 1.54) is 24.3 Å². The first-order chi connectivity index (χ1) is 32.3. The fraction of sp³-hybridized carbons (Fsp3) is 0.259. The van der Waals surface area contributed by atoms with Crippen LogP contribution in [0.1, 0.15) is 58.5 Å². The lowest BCUT2D eigenvalue weighted by Gasteiger charge is -2.34. The van der Waals surface area contributed by atoms with Crippen molar-refractivity contribution in [3.05, 3.63) is 157 Å². The molecule has 6 aromatic carbocycles. The summed E-state index contributed by atoms with van der Waals surface area (Å²) in [6.45, 7) is 1.99. The average Bonchev–Trinajstić information content (AvgIpc) is 3.28. The molecule has 0 bridgehead atoms. The van der Waals surface area contributed by atoms with E-state index in [1.807, 2.05) is 72.4 Å². The molecule has 2 fully saturated rings. The van der Waals surface area contributed by atoms with Crippen molar-refractivity contribution >= 4 is 55.6 Å². The number of benzene rings is 6. The highest BCUT2D eigenvalue weighted by Gasteiger charge is 2.35. The van der Waals surface area contributed by atoms with Gasteiger partial charge in [-0.1, -0.05) is 60.7 Å². The molecule has 0 aliphatic carbocycles. The minimum atomic E-state index is -0.872. The number of rotatable bonds is 9. The first kappa shape index (κ1) is 43.8. The number of hydrogen-bond donors (Lipinski definition) is 5. The molecule has 0 amide bonds. The minimum absolute atomic E-state index is 0.00827. The van der Waals surface area contributed by atoms with Crippen molar-refractivity contribution in [1.82, 2.24) is 9.80 Å². The Balaban J connectivity index is 1.10.